The summed E-state index contributed by atoms with van der Waals surface area (Å²) in [5.74, 6) is -1.28. The average Bonchev–Trinajstić information content (AvgIpc) is 2.65. The molecule has 0 amide bonds. The molecule has 15 heavy (non-hydrogen) atoms. The molecule has 0 N–H and O–H groups in total. The molecule has 0 bridgehead atoms. The third-order valence-electron chi connectivity index (χ3n) is 2.00. The summed E-state index contributed by atoms with van der Waals surface area (Å²) in [7, 11) is 0. The van der Waals surface area contributed by atoms with E-state index < -0.39 is 11.6 Å². The second-order valence-electron chi connectivity index (χ2n) is 2.95. The van der Waals surface area contributed by atoms with Gasteiger partial charge in [0.1, 0.15) is 11.6 Å². The van der Waals surface area contributed by atoms with Gasteiger partial charge in [-0.2, -0.15) is 0 Å². The Morgan fingerprint density at radius 2 is 2.00 bits per heavy atom. The summed E-state index contributed by atoms with van der Waals surface area (Å²) in [6.07, 6.45) is 0.661. The first-order valence-corrected chi connectivity index (χ1v) is 5.08. The molecule has 4 heteroatoms. The zero-order valence-corrected chi connectivity index (χ0v) is 8.35. The zero-order valence-electron chi connectivity index (χ0n) is 7.54. The Kier molecular flexibility index (Phi) is 2.60. The van der Waals surface area contributed by atoms with Gasteiger partial charge in [-0.25, -0.2) is 8.78 Å². The minimum absolute atomic E-state index is 0.258. The highest BCUT2D eigenvalue weighted by Gasteiger charge is 2.11. The molecule has 1 heterocycles. The summed E-state index contributed by atoms with van der Waals surface area (Å²) in [4.78, 5) is 11.2. The summed E-state index contributed by atoms with van der Waals surface area (Å²) in [6, 6.07) is 4.93. The Morgan fingerprint density at radius 3 is 2.67 bits per heavy atom. The Morgan fingerprint density at radius 1 is 1.20 bits per heavy atom. The van der Waals surface area contributed by atoms with Crippen molar-refractivity contribution in [2.24, 2.45) is 0 Å². The van der Waals surface area contributed by atoms with Crippen LogP contribution in [0.1, 0.15) is 10.4 Å². The van der Waals surface area contributed by atoms with Crippen molar-refractivity contribution in [3.63, 3.8) is 0 Å². The lowest BCUT2D eigenvalue weighted by molar-refractivity contribution is 0.112. The van der Waals surface area contributed by atoms with Crippen LogP contribution in [0.25, 0.3) is 10.4 Å². The first-order chi connectivity index (χ1) is 7.22. The van der Waals surface area contributed by atoms with Crippen LogP contribution in [0, 0.1) is 11.6 Å². The van der Waals surface area contributed by atoms with Crippen molar-refractivity contribution in [2.75, 3.05) is 0 Å². The van der Waals surface area contributed by atoms with E-state index in [0.29, 0.717) is 16.7 Å². The highest BCUT2D eigenvalue weighted by Crippen LogP contribution is 2.30. The van der Waals surface area contributed by atoms with Crippen molar-refractivity contribution >= 4 is 17.6 Å². The molecule has 1 aromatic carbocycles. The smallest absolute Gasteiger partial charge is 0.151 e. The number of rotatable bonds is 2. The Hall–Kier alpha value is -1.55. The van der Waals surface area contributed by atoms with E-state index in [-0.39, 0.29) is 5.56 Å². The molecule has 2 aromatic rings. The van der Waals surface area contributed by atoms with Crippen LogP contribution in [-0.4, -0.2) is 6.29 Å². The summed E-state index contributed by atoms with van der Waals surface area (Å²) in [5.41, 5.74) is 0.680. The van der Waals surface area contributed by atoms with Crippen LogP contribution in [0.15, 0.2) is 29.6 Å². The van der Waals surface area contributed by atoms with Gasteiger partial charge in [-0.05, 0) is 23.6 Å². The molecule has 0 radical (unpaired) electrons. The van der Waals surface area contributed by atoms with Crippen molar-refractivity contribution < 1.29 is 13.6 Å². The van der Waals surface area contributed by atoms with Gasteiger partial charge in [0.25, 0.3) is 0 Å². The van der Waals surface area contributed by atoms with Crippen LogP contribution < -0.4 is 0 Å². The number of thiophene rings is 1. The van der Waals surface area contributed by atoms with E-state index in [0.717, 1.165) is 6.07 Å². The van der Waals surface area contributed by atoms with Gasteiger partial charge in [0, 0.05) is 22.1 Å². The van der Waals surface area contributed by atoms with Crippen LogP contribution in [0.2, 0.25) is 0 Å². The maximum atomic E-state index is 13.4. The monoisotopic (exact) mass is 224 g/mol. The fourth-order valence-corrected chi connectivity index (χ4v) is 2.20. The van der Waals surface area contributed by atoms with Gasteiger partial charge in [-0.3, -0.25) is 4.79 Å². The van der Waals surface area contributed by atoms with Crippen molar-refractivity contribution in [2.45, 2.75) is 0 Å². The molecule has 0 aliphatic heterocycles. The van der Waals surface area contributed by atoms with E-state index in [2.05, 4.69) is 0 Å². The minimum atomic E-state index is -0.652. The lowest BCUT2D eigenvalue weighted by Gasteiger charge is -2.01. The van der Waals surface area contributed by atoms with Gasteiger partial charge in [0.05, 0.1) is 0 Å². The molecule has 76 valence electrons. The third kappa shape index (κ3) is 1.80. The summed E-state index contributed by atoms with van der Waals surface area (Å²) < 4.78 is 26.0. The molecule has 0 atom stereocenters. The van der Waals surface area contributed by atoms with Crippen LogP contribution in [0.5, 0.6) is 0 Å². The fourth-order valence-electron chi connectivity index (χ4n) is 1.30. The highest BCUT2D eigenvalue weighted by molar-refractivity contribution is 7.14. The van der Waals surface area contributed by atoms with Crippen LogP contribution in [0.4, 0.5) is 8.78 Å². The van der Waals surface area contributed by atoms with Crippen molar-refractivity contribution in [1.82, 2.24) is 0 Å². The molecular weight excluding hydrogens is 218 g/mol. The number of hydrogen-bond donors (Lipinski definition) is 0. The number of carbonyl (C=O) groups excluding carboxylic acids is 1. The van der Waals surface area contributed by atoms with E-state index in [4.69, 9.17) is 0 Å². The number of halogens is 2. The van der Waals surface area contributed by atoms with Gasteiger partial charge in [0.15, 0.2) is 6.29 Å². The molecule has 0 spiro atoms. The molecule has 0 aliphatic rings. The third-order valence-corrected chi connectivity index (χ3v) is 2.96. The fraction of sp³-hybridized carbons (Fsp3) is 0. The van der Waals surface area contributed by atoms with Gasteiger partial charge in [0.2, 0.25) is 0 Å². The van der Waals surface area contributed by atoms with Crippen molar-refractivity contribution in [1.29, 1.82) is 0 Å². The zero-order chi connectivity index (χ0) is 10.8. The van der Waals surface area contributed by atoms with E-state index in [1.165, 1.54) is 23.5 Å². The van der Waals surface area contributed by atoms with Crippen LogP contribution in [-0.2, 0) is 0 Å². The largest absolute Gasteiger partial charge is 0.298 e. The lowest BCUT2D eigenvalue weighted by Crippen LogP contribution is -1.87. The predicted molar refractivity (Wildman–Crippen MR) is 55.1 cm³/mol. The predicted octanol–water partition coefficient (Wildman–Crippen LogP) is 3.51. The van der Waals surface area contributed by atoms with Gasteiger partial charge in [-0.15, -0.1) is 11.3 Å². The average molecular weight is 224 g/mol. The standard InChI is InChI=1S/C11H6F2OS/c12-8-1-2-9(10(13)5-8)11-7(6-14)3-4-15-11/h1-6H. The highest BCUT2D eigenvalue weighted by atomic mass is 32.1. The maximum absolute atomic E-state index is 13.4. The number of carbonyl (C=O) groups is 1. The molecule has 2 rings (SSSR count). The maximum Gasteiger partial charge on any atom is 0.151 e. The van der Waals surface area contributed by atoms with E-state index in [1.807, 2.05) is 0 Å². The Bertz CT molecular complexity index is 505. The second kappa shape index (κ2) is 3.90. The topological polar surface area (TPSA) is 17.1 Å². The first kappa shape index (κ1) is 9.98. The Balaban J connectivity index is 2.59. The molecular formula is C11H6F2OS. The molecule has 0 fully saturated rings. The molecule has 0 saturated carbocycles. The van der Waals surface area contributed by atoms with E-state index >= 15 is 0 Å². The lowest BCUT2D eigenvalue weighted by atomic mass is 10.1. The summed E-state index contributed by atoms with van der Waals surface area (Å²) in [5, 5.41) is 1.70. The Labute approximate surface area is 89.0 Å². The number of aldehydes is 1. The van der Waals surface area contributed by atoms with Gasteiger partial charge in [-0.1, -0.05) is 0 Å². The first-order valence-electron chi connectivity index (χ1n) is 4.20. The normalized spacial score (nSPS) is 10.3. The van der Waals surface area contributed by atoms with Gasteiger partial charge < -0.3 is 0 Å². The molecule has 1 aromatic heterocycles. The summed E-state index contributed by atoms with van der Waals surface area (Å²) >= 11 is 1.25. The van der Waals surface area contributed by atoms with Crippen LogP contribution in [0.3, 0.4) is 0 Å². The molecule has 0 saturated heterocycles. The van der Waals surface area contributed by atoms with Crippen LogP contribution >= 0.6 is 11.3 Å². The molecule has 1 nitrogen and oxygen atoms in total. The van der Waals surface area contributed by atoms with E-state index in [1.54, 1.807) is 11.4 Å². The number of benzene rings is 1. The second-order valence-corrected chi connectivity index (χ2v) is 3.86. The molecule has 0 unspecified atom stereocenters. The van der Waals surface area contributed by atoms with Crippen molar-refractivity contribution in [3.05, 3.63) is 46.8 Å². The SMILES string of the molecule is O=Cc1ccsc1-c1ccc(F)cc1F. The summed E-state index contributed by atoms with van der Waals surface area (Å²) in [6.45, 7) is 0. The van der Waals surface area contributed by atoms with E-state index in [9.17, 15) is 13.6 Å². The van der Waals surface area contributed by atoms with Gasteiger partial charge >= 0.3 is 0 Å². The number of hydrogen-bond acceptors (Lipinski definition) is 2. The quantitative estimate of drug-likeness (QED) is 0.713. The minimum Gasteiger partial charge on any atom is -0.298 e. The van der Waals surface area contributed by atoms with Crippen molar-refractivity contribution in [3.8, 4) is 10.4 Å². The molecule has 0 aliphatic carbocycles.